The van der Waals surface area contributed by atoms with Crippen LogP contribution >= 0.6 is 0 Å². The first-order valence-electron chi connectivity index (χ1n) is 7.69. The molecule has 1 amide bonds. The molecule has 2 aromatic rings. The van der Waals surface area contributed by atoms with E-state index in [0.29, 0.717) is 0 Å². The van der Waals surface area contributed by atoms with Crippen molar-refractivity contribution in [3.8, 4) is 0 Å². The minimum atomic E-state index is -1.34. The molecule has 134 valence electrons. The van der Waals surface area contributed by atoms with Crippen molar-refractivity contribution in [2.24, 2.45) is 0 Å². The van der Waals surface area contributed by atoms with Crippen LogP contribution in [0.1, 0.15) is 23.7 Å². The minimum absolute atomic E-state index is 0.0492. The predicted octanol–water partition coefficient (Wildman–Crippen LogP) is 1.51. The Balaban J connectivity index is 1.72. The standard InChI is InChI=1S/C17H20FN3O4/c18-13-8-12(9-21-16(13)19)15(23)14(22)6-7-20-17(24)25-10-11-4-2-1-3-5-11/h1-5,8-9,14-15,22-23H,6-7,10H2,(H2,19,21)(H,20,24). The average molecular weight is 349 g/mol. The second kappa shape index (κ2) is 8.95. The van der Waals surface area contributed by atoms with E-state index in [2.05, 4.69) is 10.3 Å². The molecule has 2 rings (SSSR count). The highest BCUT2D eigenvalue weighted by Crippen LogP contribution is 2.20. The van der Waals surface area contributed by atoms with Crippen LogP contribution in [0.2, 0.25) is 0 Å². The molecule has 5 N–H and O–H groups in total. The Hall–Kier alpha value is -2.71. The Morgan fingerprint density at radius 2 is 2.04 bits per heavy atom. The Morgan fingerprint density at radius 1 is 1.32 bits per heavy atom. The number of amides is 1. The molecule has 0 fully saturated rings. The lowest BCUT2D eigenvalue weighted by molar-refractivity contribution is 0.0133. The summed E-state index contributed by atoms with van der Waals surface area (Å²) in [5, 5.41) is 22.4. The molecule has 8 heteroatoms. The largest absolute Gasteiger partial charge is 0.445 e. The molecular weight excluding hydrogens is 329 g/mol. The summed E-state index contributed by atoms with van der Waals surface area (Å²) < 4.78 is 18.3. The van der Waals surface area contributed by atoms with Crippen molar-refractivity contribution >= 4 is 11.9 Å². The summed E-state index contributed by atoms with van der Waals surface area (Å²) in [6.07, 6.45) is -1.95. The van der Waals surface area contributed by atoms with Crippen LogP contribution < -0.4 is 11.1 Å². The van der Waals surface area contributed by atoms with Gasteiger partial charge in [0.25, 0.3) is 0 Å². The van der Waals surface area contributed by atoms with Gasteiger partial charge in [0.2, 0.25) is 0 Å². The number of nitrogens with one attached hydrogen (secondary N) is 1. The Bertz CT molecular complexity index is 700. The van der Waals surface area contributed by atoms with E-state index >= 15 is 0 Å². The second-order valence-electron chi connectivity index (χ2n) is 5.43. The van der Waals surface area contributed by atoms with Crippen molar-refractivity contribution in [1.29, 1.82) is 0 Å². The van der Waals surface area contributed by atoms with Gasteiger partial charge < -0.3 is 26.0 Å². The topological polar surface area (TPSA) is 118 Å². The number of rotatable bonds is 7. The van der Waals surface area contributed by atoms with Crippen molar-refractivity contribution in [3.05, 3.63) is 59.5 Å². The molecule has 2 unspecified atom stereocenters. The SMILES string of the molecule is Nc1ncc(C(O)C(O)CCNC(=O)OCc2ccccc2)cc1F. The first-order valence-corrected chi connectivity index (χ1v) is 7.69. The van der Waals surface area contributed by atoms with Gasteiger partial charge in [0.15, 0.2) is 11.6 Å². The van der Waals surface area contributed by atoms with Gasteiger partial charge >= 0.3 is 6.09 Å². The number of hydrogen-bond acceptors (Lipinski definition) is 6. The van der Waals surface area contributed by atoms with Crippen LogP contribution in [0.15, 0.2) is 42.6 Å². The van der Waals surface area contributed by atoms with E-state index < -0.39 is 24.1 Å². The van der Waals surface area contributed by atoms with Crippen molar-refractivity contribution in [1.82, 2.24) is 10.3 Å². The lowest BCUT2D eigenvalue weighted by Gasteiger charge is -2.18. The molecule has 0 bridgehead atoms. The Morgan fingerprint density at radius 3 is 2.72 bits per heavy atom. The zero-order valence-electron chi connectivity index (χ0n) is 13.4. The Labute approximate surface area is 144 Å². The van der Waals surface area contributed by atoms with Gasteiger partial charge in [-0.3, -0.25) is 0 Å². The lowest BCUT2D eigenvalue weighted by atomic mass is 10.0. The second-order valence-corrected chi connectivity index (χ2v) is 5.43. The first kappa shape index (κ1) is 18.6. The highest BCUT2D eigenvalue weighted by Gasteiger charge is 2.20. The number of carbonyl (C=O) groups excluding carboxylic acids is 1. The van der Waals surface area contributed by atoms with Gasteiger partial charge in [0.1, 0.15) is 12.7 Å². The van der Waals surface area contributed by atoms with Gasteiger partial charge in [-0.1, -0.05) is 30.3 Å². The normalized spacial score (nSPS) is 13.1. The number of carbonyl (C=O) groups is 1. The number of aromatic nitrogens is 1. The van der Waals surface area contributed by atoms with Crippen LogP contribution in [0.5, 0.6) is 0 Å². The molecule has 0 aliphatic rings. The maximum absolute atomic E-state index is 13.3. The summed E-state index contributed by atoms with van der Waals surface area (Å²) in [4.78, 5) is 15.2. The summed E-state index contributed by atoms with van der Waals surface area (Å²) in [6, 6.07) is 10.2. The summed E-state index contributed by atoms with van der Waals surface area (Å²) in [7, 11) is 0. The van der Waals surface area contributed by atoms with Crippen LogP contribution in [0, 0.1) is 5.82 Å². The number of nitrogens with zero attached hydrogens (tertiary/aromatic N) is 1. The maximum Gasteiger partial charge on any atom is 0.407 e. The number of pyridine rings is 1. The number of nitrogen functional groups attached to an aromatic ring is 1. The third-order valence-electron chi connectivity index (χ3n) is 3.52. The average Bonchev–Trinajstić information content (AvgIpc) is 2.62. The van der Waals surface area contributed by atoms with E-state index in [4.69, 9.17) is 10.5 Å². The van der Waals surface area contributed by atoms with Gasteiger partial charge in [0.05, 0.1) is 6.10 Å². The number of benzene rings is 1. The van der Waals surface area contributed by atoms with Crippen LogP contribution in [-0.4, -0.2) is 33.9 Å². The number of halogens is 1. The number of anilines is 1. The molecule has 25 heavy (non-hydrogen) atoms. The summed E-state index contributed by atoms with van der Waals surface area (Å²) in [5.74, 6) is -1.06. The van der Waals surface area contributed by atoms with E-state index in [-0.39, 0.29) is 31.0 Å². The smallest absolute Gasteiger partial charge is 0.407 e. The van der Waals surface area contributed by atoms with E-state index in [1.807, 2.05) is 30.3 Å². The highest BCUT2D eigenvalue weighted by atomic mass is 19.1. The predicted molar refractivity (Wildman–Crippen MR) is 88.8 cm³/mol. The molecule has 1 aromatic carbocycles. The van der Waals surface area contributed by atoms with Crippen molar-refractivity contribution in [2.75, 3.05) is 12.3 Å². The zero-order chi connectivity index (χ0) is 18.2. The van der Waals surface area contributed by atoms with Gasteiger partial charge in [-0.05, 0) is 18.1 Å². The molecule has 7 nitrogen and oxygen atoms in total. The van der Waals surface area contributed by atoms with Crippen molar-refractivity contribution < 1.29 is 24.1 Å². The van der Waals surface area contributed by atoms with Crippen LogP contribution in [0.3, 0.4) is 0 Å². The molecule has 0 aliphatic heterocycles. The fourth-order valence-corrected chi connectivity index (χ4v) is 2.10. The molecule has 0 saturated carbocycles. The fraction of sp³-hybridized carbons (Fsp3) is 0.294. The zero-order valence-corrected chi connectivity index (χ0v) is 13.4. The maximum atomic E-state index is 13.3. The van der Waals surface area contributed by atoms with Gasteiger partial charge in [0, 0.05) is 18.3 Å². The summed E-state index contributed by atoms with van der Waals surface area (Å²) in [6.45, 7) is 0.213. The van der Waals surface area contributed by atoms with Gasteiger partial charge in [-0.25, -0.2) is 14.2 Å². The van der Waals surface area contributed by atoms with Crippen LogP contribution in [0.25, 0.3) is 0 Å². The number of hydrogen-bond donors (Lipinski definition) is 4. The fourth-order valence-electron chi connectivity index (χ4n) is 2.10. The molecule has 1 aromatic heterocycles. The third kappa shape index (κ3) is 5.70. The van der Waals surface area contributed by atoms with E-state index in [0.717, 1.165) is 11.6 Å². The molecule has 0 spiro atoms. The third-order valence-corrected chi connectivity index (χ3v) is 3.52. The van der Waals surface area contributed by atoms with Crippen molar-refractivity contribution in [3.63, 3.8) is 0 Å². The van der Waals surface area contributed by atoms with E-state index in [9.17, 15) is 19.4 Å². The van der Waals surface area contributed by atoms with Crippen molar-refractivity contribution in [2.45, 2.75) is 25.2 Å². The van der Waals surface area contributed by atoms with Gasteiger partial charge in [-0.2, -0.15) is 0 Å². The number of aliphatic hydroxyl groups is 2. The molecule has 0 saturated heterocycles. The monoisotopic (exact) mass is 349 g/mol. The number of aliphatic hydroxyl groups excluding tert-OH is 2. The first-order chi connectivity index (χ1) is 12.0. The molecule has 0 radical (unpaired) electrons. The Kier molecular flexibility index (Phi) is 6.67. The summed E-state index contributed by atoms with van der Waals surface area (Å²) in [5.41, 5.74) is 6.21. The molecule has 0 aliphatic carbocycles. The lowest BCUT2D eigenvalue weighted by Crippen LogP contribution is -2.29. The molecular formula is C17H20FN3O4. The van der Waals surface area contributed by atoms with Crippen LogP contribution in [0.4, 0.5) is 15.0 Å². The van der Waals surface area contributed by atoms with E-state index in [1.54, 1.807) is 0 Å². The summed E-state index contributed by atoms with van der Waals surface area (Å²) >= 11 is 0. The molecule has 1 heterocycles. The van der Waals surface area contributed by atoms with E-state index in [1.165, 1.54) is 6.20 Å². The highest BCUT2D eigenvalue weighted by molar-refractivity contribution is 5.67. The molecule has 2 atom stereocenters. The minimum Gasteiger partial charge on any atom is -0.445 e. The number of alkyl carbamates (subject to hydrolysis) is 1. The van der Waals surface area contributed by atoms with Crippen LogP contribution in [-0.2, 0) is 11.3 Å². The van der Waals surface area contributed by atoms with Gasteiger partial charge in [-0.15, -0.1) is 0 Å². The number of nitrogens with two attached hydrogens (primary N) is 1. The quantitative estimate of drug-likeness (QED) is 0.602. The number of ether oxygens (including phenoxy) is 1.